The normalized spacial score (nSPS) is 10.1. The average Bonchev–Trinajstić information content (AvgIpc) is 2.55. The first-order valence-electron chi connectivity index (χ1n) is 7.58. The summed E-state index contributed by atoms with van der Waals surface area (Å²) in [4.78, 5) is 29.6. The largest absolute Gasteiger partial charge is 0.495 e. The Morgan fingerprint density at radius 2 is 2.08 bits per heavy atom. The monoisotopic (exact) mass is 327 g/mol. The lowest BCUT2D eigenvalue weighted by Gasteiger charge is -2.21. The first-order chi connectivity index (χ1) is 11.5. The van der Waals surface area contributed by atoms with Crippen LogP contribution in [0.2, 0.25) is 0 Å². The van der Waals surface area contributed by atoms with Gasteiger partial charge in [-0.2, -0.15) is 0 Å². The topological polar surface area (TPSA) is 71.5 Å². The van der Waals surface area contributed by atoms with Crippen LogP contribution in [0.15, 0.2) is 42.7 Å². The summed E-state index contributed by atoms with van der Waals surface area (Å²) in [5.74, 6) is 0.124. The number of nitrogens with one attached hydrogen (secondary N) is 1. The molecule has 0 saturated heterocycles. The first-order valence-corrected chi connectivity index (χ1v) is 7.58. The zero-order valence-electron chi connectivity index (χ0n) is 14.1. The molecule has 2 aromatic rings. The van der Waals surface area contributed by atoms with Crippen LogP contribution >= 0.6 is 0 Å². The van der Waals surface area contributed by atoms with E-state index >= 15 is 0 Å². The Hall–Kier alpha value is -2.89. The van der Waals surface area contributed by atoms with E-state index in [0.29, 0.717) is 18.0 Å². The van der Waals surface area contributed by atoms with Crippen molar-refractivity contribution in [3.63, 3.8) is 0 Å². The summed E-state index contributed by atoms with van der Waals surface area (Å²) < 4.78 is 5.25. The van der Waals surface area contributed by atoms with Gasteiger partial charge in [0.25, 0.3) is 0 Å². The number of methoxy groups -OCH3 is 1. The average molecular weight is 327 g/mol. The minimum absolute atomic E-state index is 0.0404. The number of amides is 2. The number of pyridine rings is 1. The Labute approximate surface area is 141 Å². The highest BCUT2D eigenvalue weighted by molar-refractivity contribution is 5.95. The molecule has 0 radical (unpaired) electrons. The molecule has 1 N–H and O–H groups in total. The number of carbonyl (C=O) groups is 2. The van der Waals surface area contributed by atoms with E-state index in [1.165, 1.54) is 11.8 Å². The molecule has 0 atom stereocenters. The van der Waals surface area contributed by atoms with E-state index in [2.05, 4.69) is 10.3 Å². The maximum absolute atomic E-state index is 12.3. The molecule has 0 aliphatic heterocycles. The molecule has 0 bridgehead atoms. The summed E-state index contributed by atoms with van der Waals surface area (Å²) in [6.45, 7) is 3.67. The lowest BCUT2D eigenvalue weighted by molar-refractivity contribution is -0.133. The Morgan fingerprint density at radius 1 is 1.29 bits per heavy atom. The number of carbonyl (C=O) groups excluding carboxylic acids is 2. The molecule has 0 spiro atoms. The van der Waals surface area contributed by atoms with Crippen molar-refractivity contribution in [3.05, 3.63) is 53.9 Å². The van der Waals surface area contributed by atoms with Gasteiger partial charge in [0.2, 0.25) is 11.8 Å². The third kappa shape index (κ3) is 4.81. The molecular formula is C18H21N3O3. The molecule has 0 aliphatic rings. The highest BCUT2D eigenvalue weighted by Gasteiger charge is 2.15. The van der Waals surface area contributed by atoms with Crippen molar-refractivity contribution in [1.82, 2.24) is 9.88 Å². The van der Waals surface area contributed by atoms with Crippen LogP contribution < -0.4 is 10.1 Å². The molecule has 1 heterocycles. The van der Waals surface area contributed by atoms with E-state index < -0.39 is 0 Å². The van der Waals surface area contributed by atoms with Crippen LogP contribution in [-0.2, 0) is 16.1 Å². The van der Waals surface area contributed by atoms with Crippen molar-refractivity contribution >= 4 is 17.5 Å². The molecule has 24 heavy (non-hydrogen) atoms. The number of ether oxygens (including phenoxy) is 1. The molecule has 0 unspecified atom stereocenters. The van der Waals surface area contributed by atoms with Crippen molar-refractivity contribution in [1.29, 1.82) is 0 Å². The fraction of sp³-hybridized carbons (Fsp3) is 0.278. The lowest BCUT2D eigenvalue weighted by Crippen LogP contribution is -2.36. The Morgan fingerprint density at radius 3 is 2.71 bits per heavy atom. The van der Waals surface area contributed by atoms with Crippen LogP contribution in [0.3, 0.4) is 0 Å². The molecule has 126 valence electrons. The zero-order chi connectivity index (χ0) is 17.5. The summed E-state index contributed by atoms with van der Waals surface area (Å²) in [5, 5.41) is 2.80. The maximum atomic E-state index is 12.3. The van der Waals surface area contributed by atoms with E-state index in [-0.39, 0.29) is 18.4 Å². The fourth-order valence-corrected chi connectivity index (χ4v) is 2.27. The standard InChI is InChI=1S/C18H21N3O3/c1-13-6-7-17(24-3)16(9-13)20-18(23)12-21(14(2)22)11-15-5-4-8-19-10-15/h4-10H,11-12H2,1-3H3,(H,20,23). The number of nitrogens with zero attached hydrogens (tertiary/aromatic N) is 2. The number of aryl methyl sites for hydroxylation is 1. The third-order valence-electron chi connectivity index (χ3n) is 3.51. The van der Waals surface area contributed by atoms with Gasteiger partial charge in [0.15, 0.2) is 0 Å². The quantitative estimate of drug-likeness (QED) is 0.884. The van der Waals surface area contributed by atoms with Gasteiger partial charge < -0.3 is 15.0 Å². The number of benzene rings is 1. The van der Waals surface area contributed by atoms with Crippen LogP contribution in [-0.4, -0.2) is 35.4 Å². The highest BCUT2D eigenvalue weighted by Crippen LogP contribution is 2.25. The van der Waals surface area contributed by atoms with Gasteiger partial charge in [0, 0.05) is 25.9 Å². The van der Waals surface area contributed by atoms with Gasteiger partial charge in [0.1, 0.15) is 12.3 Å². The second kappa shape index (κ2) is 8.10. The summed E-state index contributed by atoms with van der Waals surface area (Å²) in [6, 6.07) is 9.19. The molecule has 2 rings (SSSR count). The molecular weight excluding hydrogens is 306 g/mol. The van der Waals surface area contributed by atoms with Gasteiger partial charge in [-0.25, -0.2) is 0 Å². The lowest BCUT2D eigenvalue weighted by atomic mass is 10.2. The maximum Gasteiger partial charge on any atom is 0.244 e. The van der Waals surface area contributed by atoms with E-state index in [1.807, 2.05) is 25.1 Å². The number of aromatic nitrogens is 1. The molecule has 6 heteroatoms. The second-order valence-corrected chi connectivity index (χ2v) is 5.49. The van der Waals surface area contributed by atoms with Crippen LogP contribution in [0.25, 0.3) is 0 Å². The second-order valence-electron chi connectivity index (χ2n) is 5.49. The molecule has 1 aromatic carbocycles. The van der Waals surface area contributed by atoms with E-state index in [0.717, 1.165) is 11.1 Å². The number of hydrogen-bond donors (Lipinski definition) is 1. The van der Waals surface area contributed by atoms with Crippen LogP contribution in [0.1, 0.15) is 18.1 Å². The zero-order valence-corrected chi connectivity index (χ0v) is 14.1. The Balaban J connectivity index is 2.06. The van der Waals surface area contributed by atoms with Crippen molar-refractivity contribution in [2.75, 3.05) is 19.0 Å². The van der Waals surface area contributed by atoms with Crippen LogP contribution in [0.5, 0.6) is 5.75 Å². The Bertz CT molecular complexity index is 717. The number of anilines is 1. The summed E-state index contributed by atoms with van der Waals surface area (Å²) in [5.41, 5.74) is 2.46. The van der Waals surface area contributed by atoms with Gasteiger partial charge >= 0.3 is 0 Å². The SMILES string of the molecule is COc1ccc(C)cc1NC(=O)CN(Cc1cccnc1)C(C)=O. The molecule has 0 saturated carbocycles. The van der Waals surface area contributed by atoms with Crippen LogP contribution in [0.4, 0.5) is 5.69 Å². The molecule has 0 fully saturated rings. The fourth-order valence-electron chi connectivity index (χ4n) is 2.27. The van der Waals surface area contributed by atoms with Gasteiger partial charge in [-0.15, -0.1) is 0 Å². The first kappa shape index (κ1) is 17.5. The van der Waals surface area contributed by atoms with Crippen LogP contribution in [0, 0.1) is 6.92 Å². The molecule has 2 amide bonds. The van der Waals surface area contributed by atoms with Crippen molar-refractivity contribution in [2.45, 2.75) is 20.4 Å². The minimum atomic E-state index is -0.280. The molecule has 6 nitrogen and oxygen atoms in total. The van der Waals surface area contributed by atoms with E-state index in [4.69, 9.17) is 4.74 Å². The number of hydrogen-bond acceptors (Lipinski definition) is 4. The van der Waals surface area contributed by atoms with Gasteiger partial charge in [-0.05, 0) is 36.2 Å². The minimum Gasteiger partial charge on any atom is -0.495 e. The summed E-state index contributed by atoms with van der Waals surface area (Å²) >= 11 is 0. The van der Waals surface area contributed by atoms with E-state index in [9.17, 15) is 9.59 Å². The summed E-state index contributed by atoms with van der Waals surface area (Å²) in [6.07, 6.45) is 3.34. The predicted octanol–water partition coefficient (Wildman–Crippen LogP) is 2.39. The smallest absolute Gasteiger partial charge is 0.244 e. The van der Waals surface area contributed by atoms with Gasteiger partial charge in [0.05, 0.1) is 12.8 Å². The third-order valence-corrected chi connectivity index (χ3v) is 3.51. The Kier molecular flexibility index (Phi) is 5.89. The van der Waals surface area contributed by atoms with Crippen molar-refractivity contribution < 1.29 is 14.3 Å². The summed E-state index contributed by atoms with van der Waals surface area (Å²) in [7, 11) is 1.55. The predicted molar refractivity (Wildman–Crippen MR) is 91.7 cm³/mol. The van der Waals surface area contributed by atoms with E-state index in [1.54, 1.807) is 31.6 Å². The highest BCUT2D eigenvalue weighted by atomic mass is 16.5. The number of rotatable bonds is 6. The van der Waals surface area contributed by atoms with Gasteiger partial charge in [-0.3, -0.25) is 14.6 Å². The molecule has 0 aliphatic carbocycles. The van der Waals surface area contributed by atoms with Crippen molar-refractivity contribution in [3.8, 4) is 5.75 Å². The van der Waals surface area contributed by atoms with Crippen molar-refractivity contribution in [2.24, 2.45) is 0 Å². The molecule has 1 aromatic heterocycles. The van der Waals surface area contributed by atoms with Gasteiger partial charge in [-0.1, -0.05) is 12.1 Å².